The Labute approximate surface area is 133 Å². The fraction of sp³-hybridized carbons (Fsp3) is 0.133. The third kappa shape index (κ3) is 2.32. The summed E-state index contributed by atoms with van der Waals surface area (Å²) in [6.45, 7) is 1.90. The SMILES string of the molecule is Cc1csc2nc(CSc3nc4ccccc4o3)cc(=O)n12. The molecule has 0 atom stereocenters. The van der Waals surface area contributed by atoms with E-state index in [0.29, 0.717) is 11.0 Å². The summed E-state index contributed by atoms with van der Waals surface area (Å²) >= 11 is 2.91. The molecule has 4 rings (SSSR count). The molecule has 3 aromatic heterocycles. The highest BCUT2D eigenvalue weighted by atomic mass is 32.2. The van der Waals surface area contributed by atoms with Gasteiger partial charge in [-0.05, 0) is 19.1 Å². The van der Waals surface area contributed by atoms with Gasteiger partial charge in [0.25, 0.3) is 10.8 Å². The van der Waals surface area contributed by atoms with Crippen LogP contribution in [-0.4, -0.2) is 14.4 Å². The number of para-hydroxylation sites is 2. The largest absolute Gasteiger partial charge is 0.431 e. The smallest absolute Gasteiger partial charge is 0.258 e. The second-order valence-electron chi connectivity index (χ2n) is 4.82. The fourth-order valence-corrected chi connectivity index (χ4v) is 3.84. The molecular weight excluding hydrogens is 318 g/mol. The zero-order valence-electron chi connectivity index (χ0n) is 11.6. The van der Waals surface area contributed by atoms with Gasteiger partial charge in [-0.3, -0.25) is 9.20 Å². The van der Waals surface area contributed by atoms with E-state index in [2.05, 4.69) is 9.97 Å². The van der Waals surface area contributed by atoms with Gasteiger partial charge in [-0.15, -0.1) is 11.3 Å². The molecule has 0 unspecified atom stereocenters. The minimum absolute atomic E-state index is 0.0445. The third-order valence-electron chi connectivity index (χ3n) is 3.25. The van der Waals surface area contributed by atoms with Crippen molar-refractivity contribution in [1.29, 1.82) is 0 Å². The Morgan fingerprint density at radius 3 is 3.05 bits per heavy atom. The van der Waals surface area contributed by atoms with Gasteiger partial charge in [-0.25, -0.2) is 9.97 Å². The minimum Gasteiger partial charge on any atom is -0.431 e. The van der Waals surface area contributed by atoms with Crippen LogP contribution in [0.3, 0.4) is 0 Å². The van der Waals surface area contributed by atoms with Crippen molar-refractivity contribution < 1.29 is 4.42 Å². The Morgan fingerprint density at radius 2 is 2.18 bits per heavy atom. The average molecular weight is 329 g/mol. The van der Waals surface area contributed by atoms with E-state index in [1.807, 2.05) is 36.6 Å². The van der Waals surface area contributed by atoms with E-state index < -0.39 is 0 Å². The van der Waals surface area contributed by atoms with Crippen LogP contribution in [0.15, 0.2) is 50.1 Å². The van der Waals surface area contributed by atoms with Crippen molar-refractivity contribution >= 4 is 39.2 Å². The summed E-state index contributed by atoms with van der Waals surface area (Å²) in [6, 6.07) is 9.21. The first-order chi connectivity index (χ1) is 10.7. The van der Waals surface area contributed by atoms with Crippen molar-refractivity contribution in [2.75, 3.05) is 0 Å². The molecule has 5 nitrogen and oxygen atoms in total. The predicted octanol–water partition coefficient (Wildman–Crippen LogP) is 3.50. The summed E-state index contributed by atoms with van der Waals surface area (Å²) < 4.78 is 7.28. The molecule has 0 N–H and O–H groups in total. The van der Waals surface area contributed by atoms with Gasteiger partial charge >= 0.3 is 0 Å². The van der Waals surface area contributed by atoms with Crippen molar-refractivity contribution in [2.45, 2.75) is 17.9 Å². The molecule has 1 aromatic carbocycles. The molecule has 0 aliphatic carbocycles. The molecule has 3 heterocycles. The summed E-state index contributed by atoms with van der Waals surface area (Å²) in [6.07, 6.45) is 0. The predicted molar refractivity (Wildman–Crippen MR) is 87.6 cm³/mol. The molecule has 0 saturated carbocycles. The lowest BCUT2D eigenvalue weighted by Crippen LogP contribution is -2.14. The number of thiazole rings is 1. The molecule has 0 bridgehead atoms. The maximum atomic E-state index is 12.1. The van der Waals surface area contributed by atoms with Crippen molar-refractivity contribution in [3.05, 3.63) is 57.5 Å². The molecule has 22 heavy (non-hydrogen) atoms. The number of aromatic nitrogens is 3. The molecule has 0 amide bonds. The van der Waals surface area contributed by atoms with Crippen LogP contribution < -0.4 is 5.56 Å². The van der Waals surface area contributed by atoms with Gasteiger partial charge < -0.3 is 4.42 Å². The number of nitrogens with zero attached hydrogens (tertiary/aromatic N) is 3. The normalized spacial score (nSPS) is 11.5. The number of benzene rings is 1. The summed E-state index contributed by atoms with van der Waals surface area (Å²) in [5, 5.41) is 2.52. The van der Waals surface area contributed by atoms with Gasteiger partial charge in [0.2, 0.25) is 0 Å². The van der Waals surface area contributed by atoms with E-state index in [-0.39, 0.29) is 5.56 Å². The molecule has 4 aromatic rings. The number of rotatable bonds is 3. The van der Waals surface area contributed by atoms with Crippen LogP contribution in [0.2, 0.25) is 0 Å². The van der Waals surface area contributed by atoms with Gasteiger partial charge in [-0.2, -0.15) is 0 Å². The Kier molecular flexibility index (Phi) is 3.24. The fourth-order valence-electron chi connectivity index (χ4n) is 2.22. The maximum absolute atomic E-state index is 12.1. The average Bonchev–Trinajstić information content (AvgIpc) is 3.09. The van der Waals surface area contributed by atoms with Gasteiger partial charge in [0.05, 0.1) is 5.69 Å². The second-order valence-corrected chi connectivity index (χ2v) is 6.58. The van der Waals surface area contributed by atoms with Gasteiger partial charge in [0.1, 0.15) is 5.52 Å². The highest BCUT2D eigenvalue weighted by molar-refractivity contribution is 7.98. The zero-order chi connectivity index (χ0) is 15.1. The lowest BCUT2D eigenvalue weighted by molar-refractivity contribution is 0.489. The summed E-state index contributed by atoms with van der Waals surface area (Å²) in [5.41, 5.74) is 3.20. The third-order valence-corrected chi connectivity index (χ3v) is 5.05. The monoisotopic (exact) mass is 329 g/mol. The lowest BCUT2D eigenvalue weighted by Gasteiger charge is -1.99. The number of hydrogen-bond acceptors (Lipinski definition) is 6. The van der Waals surface area contributed by atoms with Gasteiger partial charge in [-0.1, -0.05) is 23.9 Å². The minimum atomic E-state index is -0.0445. The van der Waals surface area contributed by atoms with E-state index in [4.69, 9.17) is 4.42 Å². The summed E-state index contributed by atoms with van der Waals surface area (Å²) in [5.74, 6) is 0.551. The molecule has 0 spiro atoms. The number of oxazole rings is 1. The van der Waals surface area contributed by atoms with Crippen LogP contribution in [0.5, 0.6) is 0 Å². The number of thioether (sulfide) groups is 1. The highest BCUT2D eigenvalue weighted by Crippen LogP contribution is 2.25. The van der Waals surface area contributed by atoms with Crippen LogP contribution in [-0.2, 0) is 5.75 Å². The summed E-state index contributed by atoms with van der Waals surface area (Å²) in [7, 11) is 0. The van der Waals surface area contributed by atoms with E-state index in [0.717, 1.165) is 27.4 Å². The number of hydrogen-bond donors (Lipinski definition) is 0. The molecule has 0 saturated heterocycles. The van der Waals surface area contributed by atoms with E-state index in [1.54, 1.807) is 10.5 Å². The zero-order valence-corrected chi connectivity index (χ0v) is 13.3. The Balaban J connectivity index is 1.62. The maximum Gasteiger partial charge on any atom is 0.258 e. The summed E-state index contributed by atoms with van der Waals surface area (Å²) in [4.78, 5) is 21.8. The van der Waals surface area contributed by atoms with Crippen molar-refractivity contribution in [3.8, 4) is 0 Å². The molecule has 0 aliphatic heterocycles. The van der Waals surface area contributed by atoms with Crippen molar-refractivity contribution in [1.82, 2.24) is 14.4 Å². The lowest BCUT2D eigenvalue weighted by atomic mass is 10.3. The second kappa shape index (κ2) is 5.26. The topological polar surface area (TPSA) is 60.4 Å². The molecule has 0 radical (unpaired) electrons. The standard InChI is InChI=1S/C15H11N3O2S2/c1-9-7-21-14-16-10(6-13(19)18(9)14)8-22-15-17-11-4-2-3-5-12(11)20-15/h2-7H,8H2,1H3. The van der Waals surface area contributed by atoms with E-state index in [9.17, 15) is 4.79 Å². The quantitative estimate of drug-likeness (QED) is 0.538. The van der Waals surface area contributed by atoms with Crippen LogP contribution in [0.4, 0.5) is 0 Å². The Morgan fingerprint density at radius 1 is 1.32 bits per heavy atom. The van der Waals surface area contributed by atoms with Crippen molar-refractivity contribution in [3.63, 3.8) is 0 Å². The highest BCUT2D eigenvalue weighted by Gasteiger charge is 2.09. The van der Waals surface area contributed by atoms with E-state index in [1.165, 1.54) is 23.1 Å². The number of fused-ring (bicyclic) bond motifs is 2. The molecule has 0 aliphatic rings. The molecule has 0 fully saturated rings. The first-order valence-electron chi connectivity index (χ1n) is 6.66. The van der Waals surface area contributed by atoms with Crippen LogP contribution in [0, 0.1) is 6.92 Å². The molecular formula is C15H11N3O2S2. The van der Waals surface area contributed by atoms with Gasteiger partial charge in [0, 0.05) is 22.9 Å². The van der Waals surface area contributed by atoms with Crippen LogP contribution in [0.1, 0.15) is 11.4 Å². The first kappa shape index (κ1) is 13.5. The number of aryl methyl sites for hydroxylation is 1. The van der Waals surface area contributed by atoms with Crippen LogP contribution in [0.25, 0.3) is 16.1 Å². The van der Waals surface area contributed by atoms with Gasteiger partial charge in [0.15, 0.2) is 10.5 Å². The first-order valence-corrected chi connectivity index (χ1v) is 8.52. The Bertz CT molecular complexity index is 999. The van der Waals surface area contributed by atoms with Crippen LogP contribution >= 0.6 is 23.1 Å². The van der Waals surface area contributed by atoms with E-state index >= 15 is 0 Å². The Hall–Kier alpha value is -2.12. The molecule has 110 valence electrons. The van der Waals surface area contributed by atoms with Crippen molar-refractivity contribution in [2.24, 2.45) is 0 Å². The molecule has 7 heteroatoms.